The van der Waals surface area contributed by atoms with E-state index in [-0.39, 0.29) is 12.5 Å². The monoisotopic (exact) mass is 297 g/mol. The summed E-state index contributed by atoms with van der Waals surface area (Å²) in [7, 11) is 0. The summed E-state index contributed by atoms with van der Waals surface area (Å²) in [6.45, 7) is 6.81. The van der Waals surface area contributed by atoms with E-state index in [4.69, 9.17) is 16.7 Å². The first-order valence-corrected chi connectivity index (χ1v) is 6.73. The summed E-state index contributed by atoms with van der Waals surface area (Å²) < 4.78 is 0. The van der Waals surface area contributed by atoms with Gasteiger partial charge in [-0.25, -0.2) is 0 Å². The molecule has 0 atom stereocenters. The highest BCUT2D eigenvalue weighted by Gasteiger charge is 2.33. The van der Waals surface area contributed by atoms with Crippen LogP contribution >= 0.6 is 11.6 Å². The standard InChI is InChI=1S/C15H20ClNO3/c1-14(2,13(19)20)9-17-12(18)15(3,4)10-5-7-11(16)8-6-10/h5-8H,9H2,1-4H3,(H,17,18)(H,19,20). The van der Waals surface area contributed by atoms with Crippen LogP contribution in [0.5, 0.6) is 0 Å². The van der Waals surface area contributed by atoms with Gasteiger partial charge in [-0.2, -0.15) is 0 Å². The zero-order valence-electron chi connectivity index (χ0n) is 12.2. The third-order valence-electron chi connectivity index (χ3n) is 3.40. The summed E-state index contributed by atoms with van der Waals surface area (Å²) in [5, 5.41) is 12.4. The second kappa shape index (κ2) is 5.83. The van der Waals surface area contributed by atoms with E-state index in [1.807, 2.05) is 0 Å². The van der Waals surface area contributed by atoms with Crippen molar-refractivity contribution in [1.29, 1.82) is 0 Å². The van der Waals surface area contributed by atoms with Gasteiger partial charge in [0.25, 0.3) is 0 Å². The van der Waals surface area contributed by atoms with Gasteiger partial charge in [0.1, 0.15) is 0 Å². The molecule has 0 aliphatic rings. The van der Waals surface area contributed by atoms with Crippen LogP contribution in [0.2, 0.25) is 5.02 Å². The molecule has 0 saturated carbocycles. The summed E-state index contributed by atoms with van der Waals surface area (Å²) in [6, 6.07) is 7.05. The summed E-state index contributed by atoms with van der Waals surface area (Å²) >= 11 is 5.83. The molecule has 0 radical (unpaired) electrons. The number of rotatable bonds is 5. The number of benzene rings is 1. The van der Waals surface area contributed by atoms with Gasteiger partial charge in [-0.05, 0) is 45.4 Å². The fourth-order valence-electron chi connectivity index (χ4n) is 1.60. The molecule has 110 valence electrons. The minimum absolute atomic E-state index is 0.0815. The second-order valence-corrected chi connectivity index (χ2v) is 6.44. The summed E-state index contributed by atoms with van der Waals surface area (Å²) in [5.41, 5.74) is -0.919. The Kier molecular flexibility index (Phi) is 4.81. The third-order valence-corrected chi connectivity index (χ3v) is 3.66. The first-order chi connectivity index (χ1) is 9.07. The molecule has 0 aliphatic carbocycles. The molecular formula is C15H20ClNO3. The lowest BCUT2D eigenvalue weighted by Crippen LogP contribution is -2.45. The van der Waals surface area contributed by atoms with Crippen LogP contribution in [-0.4, -0.2) is 23.5 Å². The molecule has 0 aromatic heterocycles. The van der Waals surface area contributed by atoms with Gasteiger partial charge >= 0.3 is 5.97 Å². The second-order valence-electron chi connectivity index (χ2n) is 6.00. The number of nitrogens with one attached hydrogen (secondary N) is 1. The van der Waals surface area contributed by atoms with Crippen LogP contribution in [0.4, 0.5) is 0 Å². The lowest BCUT2D eigenvalue weighted by molar-refractivity contribution is -0.146. The molecule has 1 aromatic rings. The maximum atomic E-state index is 12.3. The van der Waals surface area contributed by atoms with E-state index in [1.54, 1.807) is 52.0 Å². The first kappa shape index (κ1) is 16.5. The van der Waals surface area contributed by atoms with Crippen molar-refractivity contribution in [3.63, 3.8) is 0 Å². The molecule has 1 aromatic carbocycles. The molecule has 0 fully saturated rings. The zero-order valence-corrected chi connectivity index (χ0v) is 12.9. The Morgan fingerprint density at radius 1 is 1.15 bits per heavy atom. The van der Waals surface area contributed by atoms with Crippen LogP contribution in [0, 0.1) is 5.41 Å². The highest BCUT2D eigenvalue weighted by Crippen LogP contribution is 2.25. The highest BCUT2D eigenvalue weighted by molar-refractivity contribution is 6.30. The number of hydrogen-bond acceptors (Lipinski definition) is 2. The largest absolute Gasteiger partial charge is 0.481 e. The summed E-state index contributed by atoms with van der Waals surface area (Å²) in [4.78, 5) is 23.3. The van der Waals surface area contributed by atoms with Crippen molar-refractivity contribution in [3.05, 3.63) is 34.9 Å². The number of carboxylic acid groups (broad SMARTS) is 1. The smallest absolute Gasteiger partial charge is 0.310 e. The number of halogens is 1. The molecule has 1 amide bonds. The molecule has 0 heterocycles. The number of carbonyl (C=O) groups is 2. The van der Waals surface area contributed by atoms with Crippen LogP contribution in [0.25, 0.3) is 0 Å². The van der Waals surface area contributed by atoms with Crippen molar-refractivity contribution in [3.8, 4) is 0 Å². The van der Waals surface area contributed by atoms with E-state index >= 15 is 0 Å². The van der Waals surface area contributed by atoms with E-state index in [1.165, 1.54) is 0 Å². The number of carbonyl (C=O) groups excluding carboxylic acids is 1. The van der Waals surface area contributed by atoms with Crippen molar-refractivity contribution < 1.29 is 14.7 Å². The van der Waals surface area contributed by atoms with E-state index in [0.29, 0.717) is 5.02 Å². The van der Waals surface area contributed by atoms with Crippen LogP contribution < -0.4 is 5.32 Å². The van der Waals surface area contributed by atoms with Crippen LogP contribution in [0.1, 0.15) is 33.3 Å². The number of hydrogen-bond donors (Lipinski definition) is 2. The van der Waals surface area contributed by atoms with Crippen LogP contribution in [0.15, 0.2) is 24.3 Å². The molecule has 0 unspecified atom stereocenters. The van der Waals surface area contributed by atoms with Gasteiger partial charge in [0.2, 0.25) is 5.91 Å². The van der Waals surface area contributed by atoms with Gasteiger partial charge in [0.05, 0.1) is 10.8 Å². The molecule has 5 heteroatoms. The maximum absolute atomic E-state index is 12.3. The highest BCUT2D eigenvalue weighted by atomic mass is 35.5. The number of aliphatic carboxylic acids is 1. The SMILES string of the molecule is CC(C)(CNC(=O)C(C)(C)c1ccc(Cl)cc1)C(=O)O. The van der Waals surface area contributed by atoms with Gasteiger partial charge in [-0.15, -0.1) is 0 Å². The number of carboxylic acids is 1. The average Bonchev–Trinajstić information content (AvgIpc) is 2.36. The zero-order chi connectivity index (χ0) is 15.6. The van der Waals surface area contributed by atoms with E-state index in [9.17, 15) is 9.59 Å². The molecule has 0 saturated heterocycles. The molecule has 0 bridgehead atoms. The lowest BCUT2D eigenvalue weighted by Gasteiger charge is -2.27. The van der Waals surface area contributed by atoms with Crippen LogP contribution in [0.3, 0.4) is 0 Å². The summed E-state index contributed by atoms with van der Waals surface area (Å²) in [6.07, 6.45) is 0. The van der Waals surface area contributed by atoms with Crippen LogP contribution in [-0.2, 0) is 15.0 Å². The maximum Gasteiger partial charge on any atom is 0.310 e. The van der Waals surface area contributed by atoms with Gasteiger partial charge in [-0.1, -0.05) is 23.7 Å². The predicted molar refractivity (Wildman–Crippen MR) is 78.9 cm³/mol. The molecule has 1 rings (SSSR count). The predicted octanol–water partition coefficient (Wildman–Crippen LogP) is 2.84. The minimum atomic E-state index is -0.994. The molecule has 20 heavy (non-hydrogen) atoms. The first-order valence-electron chi connectivity index (χ1n) is 6.35. The number of amides is 1. The van der Waals surface area contributed by atoms with Crippen molar-refractivity contribution >= 4 is 23.5 Å². The van der Waals surface area contributed by atoms with Crippen molar-refractivity contribution in [2.45, 2.75) is 33.1 Å². The summed E-state index contributed by atoms with van der Waals surface area (Å²) in [5.74, 6) is -1.16. The van der Waals surface area contributed by atoms with Gasteiger partial charge in [-0.3, -0.25) is 9.59 Å². The fraction of sp³-hybridized carbons (Fsp3) is 0.467. The molecule has 0 aliphatic heterocycles. The van der Waals surface area contributed by atoms with Gasteiger partial charge < -0.3 is 10.4 Å². The van der Waals surface area contributed by atoms with Gasteiger partial charge in [0, 0.05) is 11.6 Å². The normalized spacial score (nSPS) is 12.1. The molecule has 2 N–H and O–H groups in total. The van der Waals surface area contributed by atoms with Crippen molar-refractivity contribution in [2.24, 2.45) is 5.41 Å². The fourth-order valence-corrected chi connectivity index (χ4v) is 1.72. The Morgan fingerprint density at radius 3 is 2.10 bits per heavy atom. The lowest BCUT2D eigenvalue weighted by atomic mass is 9.83. The van der Waals surface area contributed by atoms with Gasteiger partial charge in [0.15, 0.2) is 0 Å². The molecule has 4 nitrogen and oxygen atoms in total. The minimum Gasteiger partial charge on any atom is -0.481 e. The molecular weight excluding hydrogens is 278 g/mol. The van der Waals surface area contributed by atoms with E-state index in [0.717, 1.165) is 5.56 Å². The van der Waals surface area contributed by atoms with Crippen molar-refractivity contribution in [2.75, 3.05) is 6.54 Å². The Labute approximate surface area is 124 Å². The Bertz CT molecular complexity index is 506. The molecule has 0 spiro atoms. The van der Waals surface area contributed by atoms with E-state index < -0.39 is 16.8 Å². The Morgan fingerprint density at radius 2 is 1.65 bits per heavy atom. The Balaban J connectivity index is 2.80. The van der Waals surface area contributed by atoms with E-state index in [2.05, 4.69) is 5.32 Å². The Hall–Kier alpha value is -1.55. The topological polar surface area (TPSA) is 66.4 Å². The van der Waals surface area contributed by atoms with Crippen molar-refractivity contribution in [1.82, 2.24) is 5.32 Å². The average molecular weight is 298 g/mol. The third kappa shape index (κ3) is 3.73. The quantitative estimate of drug-likeness (QED) is 0.878.